The molecule has 9 heteroatoms. The van der Waals surface area contributed by atoms with Gasteiger partial charge in [0, 0.05) is 16.7 Å². The lowest BCUT2D eigenvalue weighted by atomic mass is 10.0. The molecule has 0 spiro atoms. The lowest BCUT2D eigenvalue weighted by Crippen LogP contribution is -2.27. The Bertz CT molecular complexity index is 1180. The van der Waals surface area contributed by atoms with Gasteiger partial charge < -0.3 is 18.9 Å². The van der Waals surface area contributed by atoms with Crippen molar-refractivity contribution in [2.45, 2.75) is 26.8 Å². The second-order valence-electron chi connectivity index (χ2n) is 7.43. The van der Waals surface area contributed by atoms with E-state index in [0.29, 0.717) is 58.1 Å². The smallest absolute Gasteiger partial charge is 0.293 e. The highest BCUT2D eigenvalue weighted by Crippen LogP contribution is 2.40. The van der Waals surface area contributed by atoms with Crippen LogP contribution in [0, 0.1) is 0 Å². The SMILES string of the molecule is C=CCc1cc(/C=C2/SC(=O)N(Cc3cc4c(cc3Cl)OCO4)C2=O)cc(OCC)c1OCC. The fourth-order valence-electron chi connectivity index (χ4n) is 3.68. The van der Waals surface area contributed by atoms with Crippen LogP contribution in [0.1, 0.15) is 30.5 Å². The van der Waals surface area contributed by atoms with Crippen LogP contribution in [0.4, 0.5) is 4.79 Å². The largest absolute Gasteiger partial charge is 0.490 e. The van der Waals surface area contributed by atoms with Crippen LogP contribution >= 0.6 is 23.4 Å². The van der Waals surface area contributed by atoms with Gasteiger partial charge in [-0.1, -0.05) is 17.7 Å². The summed E-state index contributed by atoms with van der Waals surface area (Å²) in [7, 11) is 0. The summed E-state index contributed by atoms with van der Waals surface area (Å²) < 4.78 is 22.3. The number of hydrogen-bond donors (Lipinski definition) is 0. The molecule has 1 saturated heterocycles. The first kappa shape index (κ1) is 24.0. The van der Waals surface area contributed by atoms with Gasteiger partial charge in [0.05, 0.1) is 24.7 Å². The lowest BCUT2D eigenvalue weighted by Gasteiger charge is -2.16. The molecule has 2 heterocycles. The minimum Gasteiger partial charge on any atom is -0.490 e. The first-order chi connectivity index (χ1) is 16.4. The van der Waals surface area contributed by atoms with Crippen molar-refractivity contribution >= 4 is 40.6 Å². The van der Waals surface area contributed by atoms with E-state index in [9.17, 15) is 9.59 Å². The number of nitrogens with zero attached hydrogens (tertiary/aromatic N) is 1. The summed E-state index contributed by atoms with van der Waals surface area (Å²) in [5.41, 5.74) is 2.22. The predicted octanol–water partition coefficient (Wildman–Crippen LogP) is 5.83. The molecule has 0 atom stereocenters. The van der Waals surface area contributed by atoms with Crippen molar-refractivity contribution in [1.82, 2.24) is 4.90 Å². The Labute approximate surface area is 207 Å². The molecule has 2 aliphatic rings. The van der Waals surface area contributed by atoms with Crippen LogP contribution in [0.25, 0.3) is 6.08 Å². The second kappa shape index (κ2) is 10.4. The number of imide groups is 1. The molecule has 0 aliphatic carbocycles. The van der Waals surface area contributed by atoms with E-state index in [-0.39, 0.29) is 24.5 Å². The van der Waals surface area contributed by atoms with Gasteiger partial charge in [0.15, 0.2) is 23.0 Å². The van der Waals surface area contributed by atoms with Crippen molar-refractivity contribution in [1.29, 1.82) is 0 Å². The highest BCUT2D eigenvalue weighted by Gasteiger charge is 2.36. The van der Waals surface area contributed by atoms with Crippen molar-refractivity contribution in [2.24, 2.45) is 0 Å². The molecule has 0 unspecified atom stereocenters. The van der Waals surface area contributed by atoms with E-state index in [1.807, 2.05) is 26.0 Å². The van der Waals surface area contributed by atoms with Gasteiger partial charge in [-0.15, -0.1) is 6.58 Å². The molecule has 0 aromatic heterocycles. The first-order valence-corrected chi connectivity index (χ1v) is 12.0. The molecule has 0 N–H and O–H groups in total. The maximum atomic E-state index is 13.1. The van der Waals surface area contributed by atoms with Gasteiger partial charge in [0.1, 0.15) is 0 Å². The summed E-state index contributed by atoms with van der Waals surface area (Å²) in [6.45, 7) is 8.71. The Morgan fingerprint density at radius 2 is 1.82 bits per heavy atom. The van der Waals surface area contributed by atoms with Gasteiger partial charge in [-0.2, -0.15) is 0 Å². The summed E-state index contributed by atoms with van der Waals surface area (Å²) in [6.07, 6.45) is 4.04. The molecule has 2 aromatic carbocycles. The number of amides is 2. The fourth-order valence-corrected chi connectivity index (χ4v) is 4.74. The summed E-state index contributed by atoms with van der Waals surface area (Å²) in [5.74, 6) is 1.93. The van der Waals surface area contributed by atoms with Gasteiger partial charge in [-0.25, -0.2) is 0 Å². The van der Waals surface area contributed by atoms with Crippen LogP contribution in [0.3, 0.4) is 0 Å². The molecule has 4 rings (SSSR count). The normalized spacial score (nSPS) is 15.9. The molecule has 0 bridgehead atoms. The van der Waals surface area contributed by atoms with Crippen LogP contribution in [0.15, 0.2) is 41.8 Å². The third-order valence-corrected chi connectivity index (χ3v) is 6.41. The van der Waals surface area contributed by atoms with Crippen molar-refractivity contribution in [3.63, 3.8) is 0 Å². The molecule has 2 aromatic rings. The molecule has 178 valence electrons. The second-order valence-corrected chi connectivity index (χ2v) is 8.83. The monoisotopic (exact) mass is 501 g/mol. The maximum Gasteiger partial charge on any atom is 0.293 e. The van der Waals surface area contributed by atoms with Crippen molar-refractivity contribution in [3.8, 4) is 23.0 Å². The Balaban J connectivity index is 1.62. The molecule has 34 heavy (non-hydrogen) atoms. The van der Waals surface area contributed by atoms with Crippen LogP contribution < -0.4 is 18.9 Å². The fraction of sp³-hybridized carbons (Fsp3) is 0.280. The Kier molecular flexibility index (Phi) is 7.38. The van der Waals surface area contributed by atoms with E-state index in [4.69, 9.17) is 30.5 Å². The minimum absolute atomic E-state index is 0.0344. The quantitative estimate of drug-likeness (QED) is 0.316. The molecular weight excluding hydrogens is 478 g/mol. The number of halogens is 1. The van der Waals surface area contributed by atoms with Crippen LogP contribution in [-0.2, 0) is 17.8 Å². The van der Waals surface area contributed by atoms with Crippen LogP contribution in [0.5, 0.6) is 23.0 Å². The number of benzene rings is 2. The maximum absolute atomic E-state index is 13.1. The van der Waals surface area contributed by atoms with E-state index >= 15 is 0 Å². The molecule has 2 aliphatic heterocycles. The Hall–Kier alpha value is -3.10. The van der Waals surface area contributed by atoms with E-state index in [1.54, 1.807) is 24.3 Å². The van der Waals surface area contributed by atoms with E-state index in [1.165, 1.54) is 4.90 Å². The van der Waals surface area contributed by atoms with Crippen LogP contribution in [0.2, 0.25) is 5.02 Å². The number of carbonyl (C=O) groups excluding carboxylic acids is 2. The summed E-state index contributed by atoms with van der Waals surface area (Å²) in [5, 5.41) is 0.0292. The zero-order chi connectivity index (χ0) is 24.2. The van der Waals surface area contributed by atoms with E-state index in [0.717, 1.165) is 22.9 Å². The van der Waals surface area contributed by atoms with Crippen molar-refractivity contribution < 1.29 is 28.5 Å². The number of fused-ring (bicyclic) bond motifs is 1. The van der Waals surface area contributed by atoms with Crippen molar-refractivity contribution in [3.05, 3.63) is 63.5 Å². The van der Waals surface area contributed by atoms with Gasteiger partial charge in [-0.3, -0.25) is 14.5 Å². The summed E-state index contributed by atoms with van der Waals surface area (Å²) in [4.78, 5) is 27.3. The average Bonchev–Trinajstić information content (AvgIpc) is 3.35. The lowest BCUT2D eigenvalue weighted by molar-refractivity contribution is -0.123. The Morgan fingerprint density at radius 1 is 1.09 bits per heavy atom. The standard InChI is InChI=1S/C25H24ClNO6S/c1-4-7-16-8-15(9-21(30-5-2)23(16)31-6-3)10-22-24(28)27(25(29)34-22)13-17-11-19-20(12-18(17)26)33-14-32-19/h4,8-12H,1,5-7,13-14H2,2-3H3/b22-10+. The van der Waals surface area contributed by atoms with Crippen molar-refractivity contribution in [2.75, 3.05) is 20.0 Å². The minimum atomic E-state index is -0.388. The predicted molar refractivity (Wildman–Crippen MR) is 132 cm³/mol. The number of carbonyl (C=O) groups is 2. The molecule has 7 nitrogen and oxygen atoms in total. The van der Waals surface area contributed by atoms with Gasteiger partial charge in [0.2, 0.25) is 6.79 Å². The molecular formula is C25H24ClNO6S. The Morgan fingerprint density at radius 3 is 2.53 bits per heavy atom. The van der Waals surface area contributed by atoms with E-state index < -0.39 is 0 Å². The van der Waals surface area contributed by atoms with Gasteiger partial charge in [-0.05, 0) is 67.4 Å². The van der Waals surface area contributed by atoms with Gasteiger partial charge in [0.25, 0.3) is 11.1 Å². The molecule has 2 amide bonds. The number of rotatable bonds is 9. The molecule has 0 radical (unpaired) electrons. The number of allylic oxidation sites excluding steroid dienone is 1. The average molecular weight is 502 g/mol. The topological polar surface area (TPSA) is 74.3 Å². The highest BCUT2D eigenvalue weighted by molar-refractivity contribution is 8.18. The van der Waals surface area contributed by atoms with Crippen LogP contribution in [-0.4, -0.2) is 36.1 Å². The summed E-state index contributed by atoms with van der Waals surface area (Å²) in [6, 6.07) is 7.05. The third kappa shape index (κ3) is 4.88. The first-order valence-electron chi connectivity index (χ1n) is 10.8. The van der Waals surface area contributed by atoms with E-state index in [2.05, 4.69) is 6.58 Å². The van der Waals surface area contributed by atoms with Gasteiger partial charge >= 0.3 is 0 Å². The third-order valence-electron chi connectivity index (χ3n) is 5.15. The highest BCUT2D eigenvalue weighted by atomic mass is 35.5. The number of hydrogen-bond acceptors (Lipinski definition) is 7. The number of thioether (sulfide) groups is 1. The molecule has 0 saturated carbocycles. The summed E-state index contributed by atoms with van der Waals surface area (Å²) >= 11 is 7.23. The number of ether oxygens (including phenoxy) is 4. The molecule has 1 fully saturated rings. The zero-order valence-electron chi connectivity index (χ0n) is 18.9. The zero-order valence-corrected chi connectivity index (χ0v) is 20.5.